The first-order chi connectivity index (χ1) is 10.1. The molecule has 3 rings (SSSR count). The first kappa shape index (κ1) is 14.4. The molecule has 21 heavy (non-hydrogen) atoms. The van der Waals surface area contributed by atoms with Crippen LogP contribution in [0, 0.1) is 18.8 Å². The lowest BCUT2D eigenvalue weighted by molar-refractivity contribution is 0.205. The van der Waals surface area contributed by atoms with Gasteiger partial charge in [-0.15, -0.1) is 0 Å². The number of nitrogens with zero attached hydrogens (tertiary/aromatic N) is 1. The summed E-state index contributed by atoms with van der Waals surface area (Å²) in [6.07, 6.45) is 9.30. The van der Waals surface area contributed by atoms with Crippen LogP contribution in [0.3, 0.4) is 0 Å². The monoisotopic (exact) mass is 291 g/mol. The number of fused-ring (bicyclic) bond motifs is 1. The van der Waals surface area contributed by atoms with Gasteiger partial charge in [0.25, 0.3) is 0 Å². The molecule has 1 aromatic rings. The molecule has 5 nitrogen and oxygen atoms in total. The van der Waals surface area contributed by atoms with Gasteiger partial charge >= 0.3 is 6.03 Å². The quantitative estimate of drug-likeness (QED) is 0.897. The third-order valence-corrected chi connectivity index (χ3v) is 4.98. The van der Waals surface area contributed by atoms with Crippen LogP contribution in [0.5, 0.6) is 0 Å². The largest absolute Gasteiger partial charge is 0.444 e. The summed E-state index contributed by atoms with van der Waals surface area (Å²) in [4.78, 5) is 16.3. The lowest BCUT2D eigenvalue weighted by atomic mass is 9.79. The highest BCUT2D eigenvalue weighted by Gasteiger charge is 2.34. The minimum atomic E-state index is -0.207. The average Bonchev–Trinajstić information content (AvgIpc) is 3.06. The first-order valence-corrected chi connectivity index (χ1v) is 8.11. The van der Waals surface area contributed by atoms with E-state index in [2.05, 4.69) is 15.6 Å². The van der Waals surface area contributed by atoms with Gasteiger partial charge in [0.1, 0.15) is 11.8 Å². The number of amides is 2. The van der Waals surface area contributed by atoms with Gasteiger partial charge in [-0.3, -0.25) is 0 Å². The molecule has 0 radical (unpaired) electrons. The van der Waals surface area contributed by atoms with Gasteiger partial charge < -0.3 is 15.1 Å². The predicted octanol–water partition coefficient (Wildman–Crippen LogP) is 3.31. The molecule has 0 bridgehead atoms. The van der Waals surface area contributed by atoms with Crippen LogP contribution in [-0.4, -0.2) is 17.1 Å². The van der Waals surface area contributed by atoms with Crippen LogP contribution in [0.1, 0.15) is 63.1 Å². The van der Waals surface area contributed by atoms with Crippen LogP contribution in [0.25, 0.3) is 0 Å². The number of aromatic nitrogens is 1. The molecule has 4 unspecified atom stereocenters. The maximum atomic E-state index is 12.1. The molecule has 5 heteroatoms. The number of rotatable bonds is 3. The van der Waals surface area contributed by atoms with Crippen molar-refractivity contribution in [2.24, 2.45) is 11.8 Å². The Labute approximate surface area is 125 Å². The zero-order valence-electron chi connectivity index (χ0n) is 12.9. The van der Waals surface area contributed by atoms with Crippen LogP contribution in [0.2, 0.25) is 0 Å². The second kappa shape index (κ2) is 6.08. The van der Waals surface area contributed by atoms with Crippen LogP contribution in [-0.2, 0) is 0 Å². The van der Waals surface area contributed by atoms with E-state index < -0.39 is 0 Å². The number of carbonyl (C=O) groups is 1. The summed E-state index contributed by atoms with van der Waals surface area (Å²) in [7, 11) is 0. The summed E-state index contributed by atoms with van der Waals surface area (Å²) in [6, 6.07) is 0.00386. The molecule has 0 aromatic carbocycles. The fourth-order valence-corrected chi connectivity index (χ4v) is 3.89. The Balaban J connectivity index is 1.47. The second-order valence-electron chi connectivity index (χ2n) is 6.61. The summed E-state index contributed by atoms with van der Waals surface area (Å²) in [5, 5.41) is 6.03. The van der Waals surface area contributed by atoms with Gasteiger partial charge in [0, 0.05) is 6.04 Å². The molecule has 2 aliphatic rings. The van der Waals surface area contributed by atoms with Crippen LogP contribution in [0.4, 0.5) is 4.79 Å². The Hall–Kier alpha value is -1.52. The summed E-state index contributed by atoms with van der Waals surface area (Å²) in [5.74, 6) is 3.07. The maximum absolute atomic E-state index is 12.1. The van der Waals surface area contributed by atoms with E-state index in [1.54, 1.807) is 6.20 Å². The molecule has 0 aliphatic heterocycles. The number of hydrogen-bond donors (Lipinski definition) is 2. The van der Waals surface area contributed by atoms with E-state index in [0.717, 1.165) is 30.4 Å². The van der Waals surface area contributed by atoms with Crippen molar-refractivity contribution < 1.29 is 9.21 Å². The first-order valence-electron chi connectivity index (χ1n) is 8.11. The van der Waals surface area contributed by atoms with Crippen LogP contribution in [0.15, 0.2) is 10.6 Å². The highest BCUT2D eigenvalue weighted by Crippen LogP contribution is 2.41. The van der Waals surface area contributed by atoms with Crippen molar-refractivity contribution in [1.29, 1.82) is 0 Å². The Bertz CT molecular complexity index is 499. The number of urea groups is 1. The van der Waals surface area contributed by atoms with Crippen molar-refractivity contribution in [2.75, 3.05) is 0 Å². The number of nitrogens with one attached hydrogen (secondary N) is 2. The van der Waals surface area contributed by atoms with Crippen molar-refractivity contribution in [1.82, 2.24) is 15.6 Å². The minimum Gasteiger partial charge on any atom is -0.444 e. The molecule has 2 fully saturated rings. The minimum absolute atomic E-state index is 0.111. The SMILES string of the molecule is Cc1cnc(C(C)NC(=O)NC2CCC3CCCC3C2)o1. The lowest BCUT2D eigenvalue weighted by Gasteiger charge is -2.32. The van der Waals surface area contributed by atoms with Crippen molar-refractivity contribution in [3.63, 3.8) is 0 Å². The summed E-state index contributed by atoms with van der Waals surface area (Å²) >= 11 is 0. The zero-order valence-corrected chi connectivity index (χ0v) is 12.9. The lowest BCUT2D eigenvalue weighted by Crippen LogP contribution is -2.45. The number of aryl methyl sites for hydroxylation is 1. The van der Waals surface area contributed by atoms with E-state index in [-0.39, 0.29) is 12.1 Å². The smallest absolute Gasteiger partial charge is 0.315 e. The van der Waals surface area contributed by atoms with Gasteiger partial charge in [0.15, 0.2) is 0 Å². The molecular weight excluding hydrogens is 266 g/mol. The van der Waals surface area contributed by atoms with E-state index in [4.69, 9.17) is 4.42 Å². The molecule has 4 atom stereocenters. The number of carbonyl (C=O) groups excluding carboxylic acids is 1. The molecule has 2 amide bonds. The molecule has 0 spiro atoms. The van der Waals surface area contributed by atoms with Crippen molar-refractivity contribution >= 4 is 6.03 Å². The van der Waals surface area contributed by atoms with Crippen LogP contribution < -0.4 is 10.6 Å². The Morgan fingerprint density at radius 3 is 2.90 bits per heavy atom. The highest BCUT2D eigenvalue weighted by atomic mass is 16.4. The number of oxazole rings is 1. The summed E-state index contributed by atoms with van der Waals surface area (Å²) < 4.78 is 5.44. The molecule has 1 heterocycles. The predicted molar refractivity (Wildman–Crippen MR) is 79.8 cm³/mol. The molecule has 1 aromatic heterocycles. The molecule has 116 valence electrons. The van der Waals surface area contributed by atoms with Gasteiger partial charge in [-0.2, -0.15) is 0 Å². The Morgan fingerprint density at radius 2 is 2.14 bits per heavy atom. The Kier molecular flexibility index (Phi) is 4.17. The highest BCUT2D eigenvalue weighted by molar-refractivity contribution is 5.74. The Morgan fingerprint density at radius 1 is 1.33 bits per heavy atom. The summed E-state index contributed by atoms with van der Waals surface area (Å²) in [5.41, 5.74) is 0. The van der Waals surface area contributed by atoms with Crippen molar-refractivity contribution in [3.05, 3.63) is 17.8 Å². The normalized spacial score (nSPS) is 29.7. The van der Waals surface area contributed by atoms with Gasteiger partial charge in [-0.25, -0.2) is 9.78 Å². The number of hydrogen-bond acceptors (Lipinski definition) is 3. The van der Waals surface area contributed by atoms with E-state index in [9.17, 15) is 4.79 Å². The third kappa shape index (κ3) is 3.39. The average molecular weight is 291 g/mol. The zero-order chi connectivity index (χ0) is 14.8. The van der Waals surface area contributed by atoms with E-state index in [1.165, 1.54) is 25.7 Å². The van der Waals surface area contributed by atoms with Crippen molar-refractivity contribution in [2.45, 2.75) is 64.5 Å². The fraction of sp³-hybridized carbons (Fsp3) is 0.750. The molecular formula is C16H25N3O2. The van der Waals surface area contributed by atoms with Crippen molar-refractivity contribution in [3.8, 4) is 0 Å². The molecule has 2 N–H and O–H groups in total. The van der Waals surface area contributed by atoms with E-state index in [1.807, 2.05) is 13.8 Å². The van der Waals surface area contributed by atoms with Crippen LogP contribution >= 0.6 is 0 Å². The molecule has 2 saturated carbocycles. The van der Waals surface area contributed by atoms with Gasteiger partial charge in [0.05, 0.1) is 6.20 Å². The van der Waals surface area contributed by atoms with E-state index >= 15 is 0 Å². The van der Waals surface area contributed by atoms with E-state index in [0.29, 0.717) is 11.9 Å². The van der Waals surface area contributed by atoms with Gasteiger partial charge in [0.2, 0.25) is 5.89 Å². The molecule has 0 saturated heterocycles. The van der Waals surface area contributed by atoms with Gasteiger partial charge in [-0.1, -0.05) is 19.3 Å². The topological polar surface area (TPSA) is 67.2 Å². The second-order valence-corrected chi connectivity index (χ2v) is 6.61. The maximum Gasteiger partial charge on any atom is 0.315 e. The third-order valence-electron chi connectivity index (χ3n) is 4.98. The molecule has 2 aliphatic carbocycles. The fourth-order valence-electron chi connectivity index (χ4n) is 3.89. The standard InChI is InChI=1S/C16H25N3O2/c1-10-9-17-15(21-10)11(2)18-16(20)19-14-7-6-12-4-3-5-13(12)8-14/h9,11-14H,3-8H2,1-2H3,(H2,18,19,20). The summed E-state index contributed by atoms with van der Waals surface area (Å²) in [6.45, 7) is 3.74. The van der Waals surface area contributed by atoms with Gasteiger partial charge in [-0.05, 0) is 44.9 Å².